The van der Waals surface area contributed by atoms with E-state index < -0.39 is 6.10 Å². The number of β-amino-alcohol motifs (C(OH)–C–C–N with tert-alkyl or cyclic N) is 1. The molecule has 6 rings (SSSR count). The van der Waals surface area contributed by atoms with Crippen LogP contribution in [0.25, 0.3) is 10.2 Å². The summed E-state index contributed by atoms with van der Waals surface area (Å²) in [7, 11) is 3.99. The number of fused-ring (bicyclic) bond motifs is 3. The second-order valence-electron chi connectivity index (χ2n) is 10.6. The Balaban J connectivity index is 1.09. The quantitative estimate of drug-likeness (QED) is 0.378. The van der Waals surface area contributed by atoms with Gasteiger partial charge in [-0.15, -0.1) is 0 Å². The fraction of sp³-hybridized carbons (Fsp3) is 0.387. The number of hydrogen-bond acceptors (Lipinski definition) is 7. The van der Waals surface area contributed by atoms with Crippen molar-refractivity contribution in [3.05, 3.63) is 89.0 Å². The van der Waals surface area contributed by atoms with E-state index in [9.17, 15) is 5.11 Å². The molecule has 0 saturated carbocycles. The molecule has 1 aliphatic carbocycles. The molecule has 2 aliphatic rings. The van der Waals surface area contributed by atoms with Crippen molar-refractivity contribution in [3.8, 4) is 5.75 Å². The van der Waals surface area contributed by atoms with Crippen molar-refractivity contribution in [3.63, 3.8) is 0 Å². The summed E-state index contributed by atoms with van der Waals surface area (Å²) in [6, 6.07) is 24.2. The Morgan fingerprint density at radius 1 is 0.921 bits per heavy atom. The number of nitrogens with zero attached hydrogens (tertiary/aromatic N) is 4. The highest BCUT2D eigenvalue weighted by Gasteiger charge is 2.31. The Bertz CT molecular complexity index is 1350. The summed E-state index contributed by atoms with van der Waals surface area (Å²) in [5, 5.41) is 11.8. The van der Waals surface area contributed by atoms with Crippen LogP contribution in [0.4, 0.5) is 5.13 Å². The number of piperazine rings is 1. The summed E-state index contributed by atoms with van der Waals surface area (Å²) < 4.78 is 7.12. The van der Waals surface area contributed by atoms with Crippen molar-refractivity contribution >= 4 is 26.7 Å². The number of ether oxygens (including phenoxy) is 1. The largest absolute Gasteiger partial charge is 0.489 e. The molecule has 4 aromatic rings. The van der Waals surface area contributed by atoms with Gasteiger partial charge in [-0.2, -0.15) is 0 Å². The van der Waals surface area contributed by atoms with Gasteiger partial charge in [0.05, 0.1) is 16.3 Å². The van der Waals surface area contributed by atoms with Gasteiger partial charge in [0, 0.05) is 46.8 Å². The average molecular weight is 529 g/mol. The first-order valence-electron chi connectivity index (χ1n) is 13.6. The van der Waals surface area contributed by atoms with Crippen LogP contribution in [-0.2, 0) is 12.8 Å². The lowest BCUT2D eigenvalue weighted by molar-refractivity contribution is 0.0404. The highest BCUT2D eigenvalue weighted by atomic mass is 32.1. The Labute approximate surface area is 229 Å². The lowest BCUT2D eigenvalue weighted by Crippen LogP contribution is -2.50. The molecule has 1 atom stereocenters. The second kappa shape index (κ2) is 11.0. The van der Waals surface area contributed by atoms with Crippen molar-refractivity contribution in [2.24, 2.45) is 0 Å². The van der Waals surface area contributed by atoms with Crippen LogP contribution in [0.3, 0.4) is 0 Å². The molecule has 198 valence electrons. The van der Waals surface area contributed by atoms with Crippen molar-refractivity contribution in [2.45, 2.75) is 25.0 Å². The molecule has 0 spiro atoms. The predicted molar refractivity (Wildman–Crippen MR) is 156 cm³/mol. The molecule has 1 fully saturated rings. The van der Waals surface area contributed by atoms with Gasteiger partial charge in [0.25, 0.3) is 0 Å². The molecule has 6 nitrogen and oxygen atoms in total. The summed E-state index contributed by atoms with van der Waals surface area (Å²) >= 11 is 1.62. The van der Waals surface area contributed by atoms with Crippen LogP contribution in [0, 0.1) is 0 Å². The summed E-state index contributed by atoms with van der Waals surface area (Å²) in [5.41, 5.74) is 6.78. The second-order valence-corrected chi connectivity index (χ2v) is 11.6. The highest BCUT2D eigenvalue weighted by Crippen LogP contribution is 2.37. The van der Waals surface area contributed by atoms with Gasteiger partial charge in [0.1, 0.15) is 18.5 Å². The standard InChI is InChI=1S/C31H36N4O2S/c1-33(2)31-32-27-12-7-13-28(30(27)38-31)37-21-24(36)20-34-16-18-35(19-17-34)29-25-10-5-3-8-22(25)14-15-23-9-4-6-11-26(23)29/h3-13,24,29,36H,14-21H2,1-2H3. The topological polar surface area (TPSA) is 52.1 Å². The van der Waals surface area contributed by atoms with Crippen LogP contribution in [0.1, 0.15) is 28.3 Å². The van der Waals surface area contributed by atoms with Gasteiger partial charge in [0.2, 0.25) is 0 Å². The van der Waals surface area contributed by atoms with E-state index in [0.717, 1.165) is 60.1 Å². The van der Waals surface area contributed by atoms with Gasteiger partial charge in [0.15, 0.2) is 5.13 Å². The molecule has 0 bridgehead atoms. The van der Waals surface area contributed by atoms with E-state index in [4.69, 9.17) is 4.74 Å². The van der Waals surface area contributed by atoms with Gasteiger partial charge in [-0.25, -0.2) is 4.98 Å². The molecule has 1 N–H and O–H groups in total. The van der Waals surface area contributed by atoms with Crippen LogP contribution in [0.15, 0.2) is 66.7 Å². The monoisotopic (exact) mass is 528 g/mol. The maximum absolute atomic E-state index is 10.8. The van der Waals surface area contributed by atoms with E-state index in [0.29, 0.717) is 12.6 Å². The molecule has 1 aromatic heterocycles. The lowest BCUT2D eigenvalue weighted by atomic mass is 9.92. The molecule has 2 heterocycles. The van der Waals surface area contributed by atoms with Crippen LogP contribution >= 0.6 is 11.3 Å². The third-order valence-corrected chi connectivity index (χ3v) is 9.04. The summed E-state index contributed by atoms with van der Waals surface area (Å²) in [5.74, 6) is 0.794. The van der Waals surface area contributed by atoms with Gasteiger partial charge in [-0.3, -0.25) is 9.80 Å². The predicted octanol–water partition coefficient (Wildman–Crippen LogP) is 4.61. The summed E-state index contributed by atoms with van der Waals surface area (Å²) in [6.07, 6.45) is 1.65. The third kappa shape index (κ3) is 5.16. The number of rotatable bonds is 7. The van der Waals surface area contributed by atoms with Crippen molar-refractivity contribution in [1.29, 1.82) is 0 Å². The first-order valence-corrected chi connectivity index (χ1v) is 14.4. The fourth-order valence-corrected chi connectivity index (χ4v) is 6.80. The Morgan fingerprint density at radius 3 is 2.24 bits per heavy atom. The average Bonchev–Trinajstić information content (AvgIpc) is 3.31. The number of aryl methyl sites for hydroxylation is 2. The Kier molecular flexibility index (Phi) is 7.34. The normalized spacial score (nSPS) is 17.6. The molecule has 0 amide bonds. The van der Waals surface area contributed by atoms with Crippen molar-refractivity contribution in [1.82, 2.24) is 14.8 Å². The molecular formula is C31H36N4O2S. The SMILES string of the molecule is CN(C)c1nc2cccc(OCC(O)CN3CCN(C4c5ccccc5CCc5ccccc54)CC3)c2s1. The first kappa shape index (κ1) is 25.3. The fourth-order valence-electron chi connectivity index (χ4n) is 5.85. The van der Waals surface area contributed by atoms with E-state index in [1.54, 1.807) is 11.3 Å². The molecule has 0 radical (unpaired) electrons. The number of aliphatic hydroxyl groups is 1. The molecule has 1 aliphatic heterocycles. The van der Waals surface area contributed by atoms with Gasteiger partial charge < -0.3 is 14.7 Å². The molecule has 3 aromatic carbocycles. The van der Waals surface area contributed by atoms with E-state index in [2.05, 4.69) is 63.3 Å². The zero-order valence-corrected chi connectivity index (χ0v) is 23.0. The van der Waals surface area contributed by atoms with E-state index >= 15 is 0 Å². The number of aliphatic hydroxyl groups excluding tert-OH is 1. The number of thiazole rings is 1. The molecular weight excluding hydrogens is 492 g/mol. The first-order chi connectivity index (χ1) is 18.6. The minimum absolute atomic E-state index is 0.276. The molecule has 1 unspecified atom stereocenters. The minimum atomic E-state index is -0.544. The third-order valence-electron chi connectivity index (χ3n) is 7.79. The zero-order valence-electron chi connectivity index (χ0n) is 22.2. The van der Waals surface area contributed by atoms with Crippen molar-refractivity contribution in [2.75, 3.05) is 58.3 Å². The molecule has 7 heteroatoms. The van der Waals surface area contributed by atoms with Crippen LogP contribution in [0.2, 0.25) is 0 Å². The lowest BCUT2D eigenvalue weighted by Gasteiger charge is -2.40. The molecule has 1 saturated heterocycles. The summed E-state index contributed by atoms with van der Waals surface area (Å²) in [6.45, 7) is 4.73. The van der Waals surface area contributed by atoms with E-state index in [1.165, 1.54) is 22.3 Å². The van der Waals surface area contributed by atoms with E-state index in [1.807, 2.05) is 37.2 Å². The minimum Gasteiger partial charge on any atom is -0.489 e. The van der Waals surface area contributed by atoms with Crippen molar-refractivity contribution < 1.29 is 9.84 Å². The van der Waals surface area contributed by atoms with Crippen LogP contribution in [0.5, 0.6) is 5.75 Å². The van der Waals surface area contributed by atoms with Gasteiger partial charge in [-0.1, -0.05) is 65.9 Å². The molecule has 38 heavy (non-hydrogen) atoms. The summed E-state index contributed by atoms with van der Waals surface area (Å²) in [4.78, 5) is 11.7. The Hall–Kier alpha value is -2.97. The maximum Gasteiger partial charge on any atom is 0.186 e. The number of benzene rings is 3. The number of aromatic nitrogens is 1. The van der Waals surface area contributed by atoms with Crippen LogP contribution in [-0.4, -0.2) is 79.4 Å². The number of anilines is 1. The van der Waals surface area contributed by atoms with Gasteiger partial charge >= 0.3 is 0 Å². The highest BCUT2D eigenvalue weighted by molar-refractivity contribution is 7.22. The number of hydrogen-bond donors (Lipinski definition) is 1. The van der Waals surface area contributed by atoms with Crippen LogP contribution < -0.4 is 9.64 Å². The Morgan fingerprint density at radius 2 is 1.58 bits per heavy atom. The maximum atomic E-state index is 10.8. The zero-order chi connectivity index (χ0) is 26.1. The van der Waals surface area contributed by atoms with E-state index in [-0.39, 0.29) is 6.61 Å². The van der Waals surface area contributed by atoms with Gasteiger partial charge in [-0.05, 0) is 47.2 Å². The smallest absolute Gasteiger partial charge is 0.186 e.